The van der Waals surface area contributed by atoms with Crippen molar-refractivity contribution in [1.29, 1.82) is 0 Å². The molecular weight excluding hydrogens is 389 g/mol. The topological polar surface area (TPSA) is 45.6 Å². The Kier molecular flexibility index (Phi) is 5.95. The monoisotopic (exact) mass is 410 g/mol. The Morgan fingerprint density at radius 3 is 2.57 bits per heavy atom. The van der Waals surface area contributed by atoms with Gasteiger partial charge >= 0.3 is 6.18 Å². The van der Waals surface area contributed by atoms with E-state index in [1.165, 1.54) is 18.6 Å². The second-order valence-electron chi connectivity index (χ2n) is 7.18. The number of aromatic nitrogens is 2. The van der Waals surface area contributed by atoms with Crippen LogP contribution in [0.25, 0.3) is 6.08 Å². The van der Waals surface area contributed by atoms with Gasteiger partial charge in [-0.2, -0.15) is 13.2 Å². The van der Waals surface area contributed by atoms with Crippen LogP contribution in [0.2, 0.25) is 0 Å². The van der Waals surface area contributed by atoms with Crippen molar-refractivity contribution < 1.29 is 30.9 Å². The van der Waals surface area contributed by atoms with Gasteiger partial charge in [-0.05, 0) is 37.8 Å². The lowest BCUT2D eigenvalue weighted by atomic mass is 10.1. The van der Waals surface area contributed by atoms with Gasteiger partial charge in [-0.1, -0.05) is 18.2 Å². The minimum absolute atomic E-state index is 0. The molecule has 2 aliphatic heterocycles. The van der Waals surface area contributed by atoms with Gasteiger partial charge in [0.1, 0.15) is 17.2 Å². The van der Waals surface area contributed by atoms with Crippen molar-refractivity contribution in [2.75, 3.05) is 18.0 Å². The summed E-state index contributed by atoms with van der Waals surface area (Å²) in [6.07, 6.45) is 1.64. The minimum atomic E-state index is -4.32. The van der Waals surface area contributed by atoms with E-state index in [2.05, 4.69) is 14.9 Å². The number of nitrogens with zero attached hydrogens (tertiary/aromatic N) is 3. The molecule has 0 unspecified atom stereocenters. The number of allylic oxidation sites excluding steroid dienone is 1. The molecule has 0 radical (unpaired) electrons. The highest BCUT2D eigenvalue weighted by atomic mass is 35.5. The van der Waals surface area contributed by atoms with Gasteiger partial charge in [0, 0.05) is 25.6 Å². The summed E-state index contributed by atoms with van der Waals surface area (Å²) in [5, 5.41) is 2.03. The molecule has 28 heavy (non-hydrogen) atoms. The number of halogens is 4. The summed E-state index contributed by atoms with van der Waals surface area (Å²) < 4.78 is 38.9. The van der Waals surface area contributed by atoms with Crippen LogP contribution < -0.4 is 22.6 Å². The van der Waals surface area contributed by atoms with Crippen molar-refractivity contribution in [3.05, 3.63) is 52.6 Å². The zero-order chi connectivity index (χ0) is 19.0. The summed E-state index contributed by atoms with van der Waals surface area (Å²) in [6, 6.07) is 5.52. The Hall–Kier alpha value is -2.12. The summed E-state index contributed by atoms with van der Waals surface area (Å²) in [4.78, 5) is 11.5. The van der Waals surface area contributed by atoms with Crippen molar-refractivity contribution in [3.8, 4) is 0 Å². The first kappa shape index (κ1) is 20.6. The highest BCUT2D eigenvalue weighted by molar-refractivity contribution is 5.72. The van der Waals surface area contributed by atoms with Crippen LogP contribution in [0.1, 0.15) is 41.9 Å². The molecule has 1 fully saturated rings. The van der Waals surface area contributed by atoms with Gasteiger partial charge in [-0.15, -0.1) is 0 Å². The quantitative estimate of drug-likeness (QED) is 0.805. The average Bonchev–Trinajstić information content (AvgIpc) is 3.03. The zero-order valence-corrected chi connectivity index (χ0v) is 16.3. The van der Waals surface area contributed by atoms with E-state index >= 15 is 0 Å². The van der Waals surface area contributed by atoms with Crippen LogP contribution in [0, 0.1) is 6.92 Å². The second-order valence-corrected chi connectivity index (χ2v) is 7.18. The number of fused-ring (bicyclic) bond motifs is 1. The lowest BCUT2D eigenvalue weighted by molar-refractivity contribution is -0.514. The number of aryl methyl sites for hydroxylation is 1. The van der Waals surface area contributed by atoms with E-state index in [0.717, 1.165) is 60.7 Å². The molecule has 0 amide bonds. The summed E-state index contributed by atoms with van der Waals surface area (Å²) in [7, 11) is 0. The molecule has 8 heteroatoms. The normalized spacial score (nSPS) is 16.4. The number of benzene rings is 1. The fourth-order valence-electron chi connectivity index (χ4n) is 3.78. The standard InChI is InChI=1S/C20H21F3N4.ClH/c1-13-24-17-12-16(11-14-6-5-7-15(10-14)20(21,22)23)26-18(17)19(25-13)27-8-3-2-4-9-27;/h5-7,10,12,26H,2-4,8-9,11H2,1H3;1H. The van der Waals surface area contributed by atoms with Crippen molar-refractivity contribution >= 4 is 17.6 Å². The number of nitrogens with two attached hydrogens (primary N) is 1. The second kappa shape index (κ2) is 8.09. The molecule has 2 aromatic rings. The largest absolute Gasteiger partial charge is 1.00 e. The van der Waals surface area contributed by atoms with Gasteiger partial charge in [-0.25, -0.2) is 9.97 Å². The molecule has 1 aromatic carbocycles. The minimum Gasteiger partial charge on any atom is -1.00 e. The predicted octanol–water partition coefficient (Wildman–Crippen LogP) is 0.590. The van der Waals surface area contributed by atoms with E-state index in [1.807, 2.05) is 18.3 Å². The molecule has 2 aliphatic rings. The number of anilines is 1. The number of hydrogen-bond donors (Lipinski definition) is 1. The maximum Gasteiger partial charge on any atom is 0.416 e. The van der Waals surface area contributed by atoms with E-state index in [4.69, 9.17) is 0 Å². The first-order chi connectivity index (χ1) is 12.9. The maximum atomic E-state index is 13.0. The smallest absolute Gasteiger partial charge is 0.416 e. The third kappa shape index (κ3) is 4.31. The third-order valence-electron chi connectivity index (χ3n) is 5.04. The number of piperidine rings is 1. The molecule has 0 atom stereocenters. The molecule has 1 saturated heterocycles. The highest BCUT2D eigenvalue weighted by Gasteiger charge is 2.31. The van der Waals surface area contributed by atoms with Crippen LogP contribution in [-0.2, 0) is 12.6 Å². The van der Waals surface area contributed by atoms with Gasteiger partial charge in [0.05, 0.1) is 5.56 Å². The predicted molar refractivity (Wildman–Crippen MR) is 97.5 cm³/mol. The van der Waals surface area contributed by atoms with Crippen molar-refractivity contribution in [2.45, 2.75) is 38.8 Å². The fourth-order valence-corrected chi connectivity index (χ4v) is 3.78. The van der Waals surface area contributed by atoms with Crippen LogP contribution >= 0.6 is 0 Å². The molecule has 0 aliphatic carbocycles. The van der Waals surface area contributed by atoms with E-state index < -0.39 is 11.7 Å². The van der Waals surface area contributed by atoms with Gasteiger partial charge in [0.2, 0.25) is 5.69 Å². The van der Waals surface area contributed by atoms with Gasteiger partial charge in [0.25, 0.3) is 0 Å². The van der Waals surface area contributed by atoms with Crippen molar-refractivity contribution in [3.63, 3.8) is 0 Å². The molecule has 1 aromatic heterocycles. The molecular formula is C20H22ClF3N4. The molecule has 4 nitrogen and oxygen atoms in total. The molecule has 0 spiro atoms. The van der Waals surface area contributed by atoms with Gasteiger partial charge in [0.15, 0.2) is 5.82 Å². The molecule has 2 N–H and O–H groups in total. The zero-order valence-electron chi connectivity index (χ0n) is 15.6. The molecule has 0 bridgehead atoms. The number of hydrogen-bond acceptors (Lipinski definition) is 3. The Bertz CT molecular complexity index is 890. The first-order valence-electron chi connectivity index (χ1n) is 9.25. The summed E-state index contributed by atoms with van der Waals surface area (Å²) in [5.41, 5.74) is 2.85. The third-order valence-corrected chi connectivity index (χ3v) is 5.04. The summed E-state index contributed by atoms with van der Waals surface area (Å²) in [6.45, 7) is 3.85. The molecule has 0 saturated carbocycles. The van der Waals surface area contributed by atoms with Crippen LogP contribution in [0.15, 0.2) is 30.0 Å². The Balaban J connectivity index is 0.00000225. The average molecular weight is 411 g/mol. The Morgan fingerprint density at radius 2 is 1.86 bits per heavy atom. The molecule has 3 heterocycles. The van der Waals surface area contributed by atoms with Crippen LogP contribution in [0.3, 0.4) is 0 Å². The van der Waals surface area contributed by atoms with E-state index in [-0.39, 0.29) is 12.4 Å². The summed E-state index contributed by atoms with van der Waals surface area (Å²) >= 11 is 0. The first-order valence-corrected chi connectivity index (χ1v) is 9.25. The van der Waals surface area contributed by atoms with Crippen LogP contribution in [0.5, 0.6) is 0 Å². The van der Waals surface area contributed by atoms with E-state index in [0.29, 0.717) is 12.0 Å². The van der Waals surface area contributed by atoms with Crippen LogP contribution in [0.4, 0.5) is 24.7 Å². The van der Waals surface area contributed by atoms with E-state index in [1.54, 1.807) is 6.07 Å². The van der Waals surface area contributed by atoms with Crippen molar-refractivity contribution in [1.82, 2.24) is 9.97 Å². The van der Waals surface area contributed by atoms with E-state index in [9.17, 15) is 13.2 Å². The molecule has 4 rings (SSSR count). The van der Waals surface area contributed by atoms with Crippen LogP contribution in [-0.4, -0.2) is 23.1 Å². The lowest BCUT2D eigenvalue weighted by Gasteiger charge is -2.28. The number of alkyl halides is 3. The number of quaternary nitrogens is 1. The highest BCUT2D eigenvalue weighted by Crippen LogP contribution is 2.32. The lowest BCUT2D eigenvalue weighted by Crippen LogP contribution is -3.00. The maximum absolute atomic E-state index is 13.0. The fraction of sp³-hybridized carbons (Fsp3) is 0.400. The van der Waals surface area contributed by atoms with Gasteiger partial charge < -0.3 is 17.3 Å². The van der Waals surface area contributed by atoms with Gasteiger partial charge in [-0.3, -0.25) is 5.32 Å². The molecule has 150 valence electrons. The SMILES string of the molecule is Cc1nc2c(c(N3CCCCC3)n1)[NH2+]C(Cc1cccc(C(F)(F)F)c1)=C2.[Cl-]. The van der Waals surface area contributed by atoms with Crippen molar-refractivity contribution in [2.24, 2.45) is 0 Å². The Morgan fingerprint density at radius 1 is 1.11 bits per heavy atom. The Labute approximate surface area is 168 Å². The summed E-state index contributed by atoms with van der Waals surface area (Å²) in [5.74, 6) is 1.67. The number of rotatable bonds is 3.